The van der Waals surface area contributed by atoms with Gasteiger partial charge in [-0.3, -0.25) is 9.59 Å². The van der Waals surface area contributed by atoms with Gasteiger partial charge in [-0.15, -0.1) is 0 Å². The van der Waals surface area contributed by atoms with Crippen LogP contribution in [0.4, 0.5) is 0 Å². The minimum atomic E-state index is -1.41. The molecule has 0 bridgehead atoms. The van der Waals surface area contributed by atoms with Gasteiger partial charge in [-0.05, 0) is 0 Å². The smallest absolute Gasteiger partial charge is 0.305 e. The monoisotopic (exact) mass is 234 g/mol. The molecule has 4 atom stereocenters. The van der Waals surface area contributed by atoms with Crippen molar-refractivity contribution in [2.45, 2.75) is 38.4 Å². The molecular formula is C9H14O7. The van der Waals surface area contributed by atoms with Crippen molar-refractivity contribution in [3.8, 4) is 0 Å². The number of hydrogen-bond acceptors (Lipinski definition) is 7. The minimum absolute atomic E-state index is 0.188. The van der Waals surface area contributed by atoms with Crippen molar-refractivity contribution in [3.63, 3.8) is 0 Å². The highest BCUT2D eigenvalue weighted by atomic mass is 16.7. The molecule has 0 aliphatic carbocycles. The molecule has 0 saturated carbocycles. The van der Waals surface area contributed by atoms with Gasteiger partial charge in [0.15, 0.2) is 12.2 Å². The molecule has 1 heterocycles. The fourth-order valence-electron chi connectivity index (χ4n) is 1.38. The topological polar surface area (TPSA) is 102 Å². The number of rotatable bonds is 2. The van der Waals surface area contributed by atoms with Crippen LogP contribution in [0.1, 0.15) is 13.8 Å². The van der Waals surface area contributed by atoms with Crippen molar-refractivity contribution in [2.24, 2.45) is 0 Å². The van der Waals surface area contributed by atoms with Gasteiger partial charge in [0, 0.05) is 13.8 Å². The predicted octanol–water partition coefficient (Wildman–Crippen LogP) is -1.44. The number of esters is 2. The average Bonchev–Trinajstić information content (AvgIpc) is 2.16. The number of aliphatic hydroxyl groups excluding tert-OH is 2. The van der Waals surface area contributed by atoms with Crippen molar-refractivity contribution < 1.29 is 34.0 Å². The largest absolute Gasteiger partial charge is 0.457 e. The van der Waals surface area contributed by atoms with Crippen LogP contribution < -0.4 is 0 Å². The second-order valence-electron chi connectivity index (χ2n) is 3.44. The van der Waals surface area contributed by atoms with Gasteiger partial charge in [0.2, 0.25) is 6.29 Å². The molecule has 2 N–H and O–H groups in total. The van der Waals surface area contributed by atoms with E-state index in [1.165, 1.54) is 0 Å². The van der Waals surface area contributed by atoms with Crippen molar-refractivity contribution in [1.82, 2.24) is 0 Å². The van der Waals surface area contributed by atoms with E-state index in [0.29, 0.717) is 0 Å². The van der Waals surface area contributed by atoms with Crippen molar-refractivity contribution in [2.75, 3.05) is 6.61 Å². The fourth-order valence-corrected chi connectivity index (χ4v) is 1.38. The fraction of sp³-hybridized carbons (Fsp3) is 0.778. The lowest BCUT2D eigenvalue weighted by molar-refractivity contribution is -0.265. The molecule has 1 rings (SSSR count). The van der Waals surface area contributed by atoms with Crippen LogP contribution in [0.15, 0.2) is 0 Å². The van der Waals surface area contributed by atoms with E-state index >= 15 is 0 Å². The van der Waals surface area contributed by atoms with Crippen LogP contribution in [0, 0.1) is 0 Å². The van der Waals surface area contributed by atoms with Gasteiger partial charge in [-0.25, -0.2) is 0 Å². The van der Waals surface area contributed by atoms with E-state index in [4.69, 9.17) is 9.47 Å². The van der Waals surface area contributed by atoms with Gasteiger partial charge in [0.1, 0.15) is 6.10 Å². The molecular weight excluding hydrogens is 220 g/mol. The zero-order valence-corrected chi connectivity index (χ0v) is 8.95. The molecule has 1 aliphatic rings. The zero-order valence-electron chi connectivity index (χ0n) is 8.95. The van der Waals surface area contributed by atoms with Crippen LogP contribution >= 0.6 is 0 Å². The summed E-state index contributed by atoms with van der Waals surface area (Å²) >= 11 is 0. The van der Waals surface area contributed by atoms with E-state index in [1.807, 2.05) is 0 Å². The Morgan fingerprint density at radius 3 is 2.25 bits per heavy atom. The second kappa shape index (κ2) is 5.24. The first-order valence-electron chi connectivity index (χ1n) is 4.74. The van der Waals surface area contributed by atoms with Gasteiger partial charge in [0.25, 0.3) is 0 Å². The standard InChI is InChI=1S/C9H14O7/c1-4(10)15-8-6(12)3-14-9(7(8)13)16-5(2)11/h6-9,12-13H,3H2,1-2H3/t6-,7-,8+,9+/m0/s1. The zero-order chi connectivity index (χ0) is 12.3. The van der Waals surface area contributed by atoms with Crippen molar-refractivity contribution in [3.05, 3.63) is 0 Å². The molecule has 1 aliphatic heterocycles. The maximum absolute atomic E-state index is 10.7. The summed E-state index contributed by atoms with van der Waals surface area (Å²) in [6, 6.07) is 0. The number of aliphatic hydroxyl groups is 2. The molecule has 92 valence electrons. The Bertz CT molecular complexity index is 277. The van der Waals surface area contributed by atoms with E-state index in [0.717, 1.165) is 13.8 Å². The van der Waals surface area contributed by atoms with Gasteiger partial charge in [-0.2, -0.15) is 0 Å². The van der Waals surface area contributed by atoms with Crippen LogP contribution in [0.3, 0.4) is 0 Å². The lowest BCUT2D eigenvalue weighted by Crippen LogP contribution is -2.55. The summed E-state index contributed by atoms with van der Waals surface area (Å²) in [5.41, 5.74) is 0. The van der Waals surface area contributed by atoms with Crippen molar-refractivity contribution in [1.29, 1.82) is 0 Å². The average molecular weight is 234 g/mol. The summed E-state index contributed by atoms with van der Waals surface area (Å²) in [5.74, 6) is -1.28. The molecule has 0 unspecified atom stereocenters. The first kappa shape index (κ1) is 12.9. The molecule has 0 aromatic carbocycles. The number of ether oxygens (including phenoxy) is 3. The molecule has 7 heteroatoms. The summed E-state index contributed by atoms with van der Waals surface area (Å²) in [7, 11) is 0. The minimum Gasteiger partial charge on any atom is -0.457 e. The van der Waals surface area contributed by atoms with Crippen LogP contribution in [0.2, 0.25) is 0 Å². The third-order valence-corrected chi connectivity index (χ3v) is 2.01. The molecule has 0 amide bonds. The van der Waals surface area contributed by atoms with E-state index in [1.54, 1.807) is 0 Å². The van der Waals surface area contributed by atoms with E-state index in [-0.39, 0.29) is 6.61 Å². The summed E-state index contributed by atoms with van der Waals surface area (Å²) in [5, 5.41) is 19.1. The van der Waals surface area contributed by atoms with Gasteiger partial charge >= 0.3 is 11.9 Å². The second-order valence-corrected chi connectivity index (χ2v) is 3.44. The SMILES string of the molecule is CC(=O)O[C@H]1OC[C@H](O)[C@@H](OC(C)=O)[C@@H]1O. The van der Waals surface area contributed by atoms with Crippen LogP contribution in [-0.4, -0.2) is 53.4 Å². The Kier molecular flexibility index (Phi) is 4.22. The summed E-state index contributed by atoms with van der Waals surface area (Å²) in [4.78, 5) is 21.4. The summed E-state index contributed by atoms with van der Waals surface area (Å²) < 4.78 is 14.3. The Morgan fingerprint density at radius 2 is 1.75 bits per heavy atom. The predicted molar refractivity (Wildman–Crippen MR) is 49.1 cm³/mol. The van der Waals surface area contributed by atoms with Gasteiger partial charge < -0.3 is 24.4 Å². The Balaban J connectivity index is 2.66. The summed E-state index contributed by atoms with van der Waals surface area (Å²) in [6.45, 7) is 2.12. The molecule has 0 radical (unpaired) electrons. The van der Waals surface area contributed by atoms with E-state index < -0.39 is 36.5 Å². The number of carbonyl (C=O) groups excluding carboxylic acids is 2. The number of hydrogen-bond donors (Lipinski definition) is 2. The molecule has 1 saturated heterocycles. The van der Waals surface area contributed by atoms with Crippen LogP contribution in [0.25, 0.3) is 0 Å². The molecule has 0 aromatic rings. The molecule has 16 heavy (non-hydrogen) atoms. The van der Waals surface area contributed by atoms with Gasteiger partial charge in [0.05, 0.1) is 6.61 Å². The van der Waals surface area contributed by atoms with Gasteiger partial charge in [-0.1, -0.05) is 0 Å². The van der Waals surface area contributed by atoms with E-state index in [9.17, 15) is 19.8 Å². The Labute approximate surface area is 91.9 Å². The Hall–Kier alpha value is -1.18. The highest BCUT2D eigenvalue weighted by Crippen LogP contribution is 2.19. The lowest BCUT2D eigenvalue weighted by Gasteiger charge is -2.36. The molecule has 7 nitrogen and oxygen atoms in total. The third-order valence-electron chi connectivity index (χ3n) is 2.01. The Morgan fingerprint density at radius 1 is 1.19 bits per heavy atom. The maximum atomic E-state index is 10.7. The lowest BCUT2D eigenvalue weighted by atomic mass is 10.1. The molecule has 1 fully saturated rings. The quantitative estimate of drug-likeness (QED) is 0.564. The van der Waals surface area contributed by atoms with E-state index in [2.05, 4.69) is 4.74 Å². The normalized spacial score (nSPS) is 34.2. The maximum Gasteiger partial charge on any atom is 0.305 e. The summed E-state index contributed by atoms with van der Waals surface area (Å²) in [6.07, 6.45) is -4.94. The first-order chi connectivity index (χ1) is 7.41. The molecule has 0 aromatic heterocycles. The van der Waals surface area contributed by atoms with Crippen molar-refractivity contribution >= 4 is 11.9 Å². The third kappa shape index (κ3) is 3.16. The van der Waals surface area contributed by atoms with Crippen LogP contribution in [0.5, 0.6) is 0 Å². The first-order valence-corrected chi connectivity index (χ1v) is 4.74. The highest BCUT2D eigenvalue weighted by Gasteiger charge is 2.42. The van der Waals surface area contributed by atoms with Crippen LogP contribution in [-0.2, 0) is 23.8 Å². The number of carbonyl (C=O) groups is 2. The molecule has 0 spiro atoms. The highest BCUT2D eigenvalue weighted by molar-refractivity contribution is 5.66.